The number of methoxy groups -OCH3 is 1. The lowest BCUT2D eigenvalue weighted by molar-refractivity contribution is 0.0601. The minimum Gasteiger partial charge on any atom is -0.465 e. The summed E-state index contributed by atoms with van der Waals surface area (Å²) < 4.78 is 6.98. The van der Waals surface area contributed by atoms with Crippen molar-refractivity contribution in [2.45, 2.75) is 6.54 Å². The number of imidazole rings is 1. The fourth-order valence-electron chi connectivity index (χ4n) is 3.10. The Morgan fingerprint density at radius 2 is 1.62 bits per heavy atom. The van der Waals surface area contributed by atoms with Crippen molar-refractivity contribution in [3.63, 3.8) is 0 Å². The lowest BCUT2D eigenvalue weighted by atomic mass is 10.1. The summed E-state index contributed by atoms with van der Waals surface area (Å²) in [6.45, 7) is 0.732. The zero-order valence-electron chi connectivity index (χ0n) is 14.4. The largest absolute Gasteiger partial charge is 0.465 e. The summed E-state index contributed by atoms with van der Waals surface area (Å²) in [7, 11) is 1.38. The molecular formula is C22H18N2O2. The Morgan fingerprint density at radius 1 is 0.923 bits per heavy atom. The molecule has 0 fully saturated rings. The molecule has 0 aliphatic heterocycles. The third kappa shape index (κ3) is 2.97. The molecule has 4 aromatic rings. The molecule has 0 N–H and O–H groups in total. The van der Waals surface area contributed by atoms with Gasteiger partial charge in [-0.15, -0.1) is 0 Å². The van der Waals surface area contributed by atoms with E-state index in [1.807, 2.05) is 48.5 Å². The van der Waals surface area contributed by atoms with Crippen LogP contribution in [0.5, 0.6) is 0 Å². The third-order valence-corrected chi connectivity index (χ3v) is 4.40. The van der Waals surface area contributed by atoms with E-state index < -0.39 is 0 Å². The molecule has 0 radical (unpaired) electrons. The molecule has 0 atom stereocenters. The lowest BCUT2D eigenvalue weighted by Crippen LogP contribution is -2.03. The van der Waals surface area contributed by atoms with Crippen LogP contribution in [-0.2, 0) is 11.3 Å². The predicted molar refractivity (Wildman–Crippen MR) is 102 cm³/mol. The monoisotopic (exact) mass is 342 g/mol. The molecule has 1 aromatic heterocycles. The highest BCUT2D eigenvalue weighted by Crippen LogP contribution is 2.26. The van der Waals surface area contributed by atoms with Crippen molar-refractivity contribution in [2.75, 3.05) is 7.11 Å². The van der Waals surface area contributed by atoms with E-state index >= 15 is 0 Å². The van der Waals surface area contributed by atoms with Crippen molar-refractivity contribution in [2.24, 2.45) is 0 Å². The number of fused-ring (bicyclic) bond motifs is 1. The summed E-state index contributed by atoms with van der Waals surface area (Å²) in [4.78, 5) is 16.5. The van der Waals surface area contributed by atoms with E-state index in [9.17, 15) is 4.79 Å². The first-order valence-corrected chi connectivity index (χ1v) is 8.44. The average molecular weight is 342 g/mol. The van der Waals surface area contributed by atoms with Gasteiger partial charge in [0.05, 0.1) is 23.7 Å². The van der Waals surface area contributed by atoms with E-state index in [0.29, 0.717) is 5.56 Å². The molecular weight excluding hydrogens is 324 g/mol. The summed E-state index contributed by atoms with van der Waals surface area (Å²) in [5.41, 5.74) is 4.74. The Balaban J connectivity index is 1.81. The zero-order valence-corrected chi connectivity index (χ0v) is 14.4. The number of carbonyl (C=O) groups excluding carboxylic acids is 1. The molecule has 0 bridgehead atoms. The molecule has 0 saturated carbocycles. The molecule has 4 heteroatoms. The number of aromatic nitrogens is 2. The maximum absolute atomic E-state index is 11.7. The Kier molecular flexibility index (Phi) is 4.23. The number of hydrogen-bond acceptors (Lipinski definition) is 3. The van der Waals surface area contributed by atoms with E-state index in [2.05, 4.69) is 22.8 Å². The van der Waals surface area contributed by atoms with E-state index in [0.717, 1.165) is 29.0 Å². The smallest absolute Gasteiger partial charge is 0.337 e. The number of carbonyl (C=O) groups is 1. The van der Waals surface area contributed by atoms with Gasteiger partial charge in [-0.1, -0.05) is 54.6 Å². The fraction of sp³-hybridized carbons (Fsp3) is 0.0909. The predicted octanol–water partition coefficient (Wildman–Crippen LogP) is 4.54. The van der Waals surface area contributed by atoms with Crippen molar-refractivity contribution < 1.29 is 9.53 Å². The number of nitrogens with zero attached hydrogens (tertiary/aromatic N) is 2. The van der Waals surface area contributed by atoms with Crippen LogP contribution in [-0.4, -0.2) is 22.6 Å². The Hall–Kier alpha value is -3.40. The highest BCUT2D eigenvalue weighted by molar-refractivity contribution is 5.90. The third-order valence-electron chi connectivity index (χ3n) is 4.40. The molecule has 0 aliphatic carbocycles. The minimum absolute atomic E-state index is 0.339. The summed E-state index contributed by atoms with van der Waals surface area (Å²) in [6.07, 6.45) is 0. The van der Waals surface area contributed by atoms with E-state index in [4.69, 9.17) is 9.72 Å². The second kappa shape index (κ2) is 6.84. The SMILES string of the molecule is COC(=O)c1ccc(-c2nc3ccccc3n2Cc2ccccc2)cc1. The highest BCUT2D eigenvalue weighted by atomic mass is 16.5. The summed E-state index contributed by atoms with van der Waals surface area (Å²) in [6, 6.07) is 25.8. The van der Waals surface area contributed by atoms with Crippen LogP contribution >= 0.6 is 0 Å². The lowest BCUT2D eigenvalue weighted by Gasteiger charge is -2.10. The molecule has 0 amide bonds. The minimum atomic E-state index is -0.339. The van der Waals surface area contributed by atoms with Gasteiger partial charge in [-0.05, 0) is 29.8 Å². The number of rotatable bonds is 4. The molecule has 3 aromatic carbocycles. The van der Waals surface area contributed by atoms with Gasteiger partial charge < -0.3 is 9.30 Å². The van der Waals surface area contributed by atoms with Crippen LogP contribution in [0.15, 0.2) is 78.9 Å². The molecule has 4 nitrogen and oxygen atoms in total. The van der Waals surface area contributed by atoms with E-state index in [1.54, 1.807) is 12.1 Å². The van der Waals surface area contributed by atoms with Gasteiger partial charge in [0.15, 0.2) is 0 Å². The number of ether oxygens (including phenoxy) is 1. The summed E-state index contributed by atoms with van der Waals surface area (Å²) in [5, 5.41) is 0. The average Bonchev–Trinajstić information content (AvgIpc) is 3.07. The van der Waals surface area contributed by atoms with Crippen molar-refractivity contribution in [3.8, 4) is 11.4 Å². The highest BCUT2D eigenvalue weighted by Gasteiger charge is 2.13. The first kappa shape index (κ1) is 16.1. The molecule has 26 heavy (non-hydrogen) atoms. The number of esters is 1. The molecule has 0 unspecified atom stereocenters. The summed E-state index contributed by atoms with van der Waals surface area (Å²) >= 11 is 0. The van der Waals surface area contributed by atoms with Crippen LogP contribution in [0.4, 0.5) is 0 Å². The first-order chi connectivity index (χ1) is 12.8. The van der Waals surface area contributed by atoms with E-state index in [-0.39, 0.29) is 5.97 Å². The van der Waals surface area contributed by atoms with Crippen molar-refractivity contribution in [3.05, 3.63) is 90.0 Å². The first-order valence-electron chi connectivity index (χ1n) is 8.44. The van der Waals surface area contributed by atoms with Gasteiger partial charge in [0.1, 0.15) is 5.82 Å². The maximum atomic E-state index is 11.7. The Bertz CT molecular complexity index is 1050. The standard InChI is InChI=1S/C22H18N2O2/c1-26-22(25)18-13-11-17(12-14-18)21-23-19-9-5-6-10-20(19)24(21)15-16-7-3-2-4-8-16/h2-14H,15H2,1H3. The summed E-state index contributed by atoms with van der Waals surface area (Å²) in [5.74, 6) is 0.542. The van der Waals surface area contributed by atoms with Crippen LogP contribution in [0.2, 0.25) is 0 Å². The van der Waals surface area contributed by atoms with Gasteiger partial charge >= 0.3 is 5.97 Å². The maximum Gasteiger partial charge on any atom is 0.337 e. The molecule has 128 valence electrons. The van der Waals surface area contributed by atoms with Crippen LogP contribution in [0.1, 0.15) is 15.9 Å². The van der Waals surface area contributed by atoms with Crippen LogP contribution in [0.25, 0.3) is 22.4 Å². The molecule has 0 saturated heterocycles. The van der Waals surface area contributed by atoms with Gasteiger partial charge in [0, 0.05) is 12.1 Å². The zero-order chi connectivity index (χ0) is 17.9. The molecule has 1 heterocycles. The van der Waals surface area contributed by atoms with Gasteiger partial charge in [-0.2, -0.15) is 0 Å². The second-order valence-corrected chi connectivity index (χ2v) is 6.06. The number of benzene rings is 3. The van der Waals surface area contributed by atoms with Gasteiger partial charge in [0.25, 0.3) is 0 Å². The van der Waals surface area contributed by atoms with Crippen molar-refractivity contribution >= 4 is 17.0 Å². The van der Waals surface area contributed by atoms with Crippen LogP contribution < -0.4 is 0 Å². The van der Waals surface area contributed by atoms with Gasteiger partial charge in [-0.25, -0.2) is 9.78 Å². The van der Waals surface area contributed by atoms with Crippen molar-refractivity contribution in [1.82, 2.24) is 9.55 Å². The molecule has 0 spiro atoms. The topological polar surface area (TPSA) is 44.1 Å². The second-order valence-electron chi connectivity index (χ2n) is 6.06. The fourth-order valence-corrected chi connectivity index (χ4v) is 3.10. The quantitative estimate of drug-likeness (QED) is 0.512. The Morgan fingerprint density at radius 3 is 2.35 bits per heavy atom. The normalized spacial score (nSPS) is 10.8. The van der Waals surface area contributed by atoms with Crippen LogP contribution in [0, 0.1) is 0 Å². The number of para-hydroxylation sites is 2. The van der Waals surface area contributed by atoms with Gasteiger partial charge in [-0.3, -0.25) is 0 Å². The van der Waals surface area contributed by atoms with Gasteiger partial charge in [0.2, 0.25) is 0 Å². The molecule has 4 rings (SSSR count). The van der Waals surface area contributed by atoms with Crippen LogP contribution in [0.3, 0.4) is 0 Å². The molecule has 0 aliphatic rings. The van der Waals surface area contributed by atoms with Crippen molar-refractivity contribution in [1.29, 1.82) is 0 Å². The Labute approximate surface area is 151 Å². The number of hydrogen-bond donors (Lipinski definition) is 0. The van der Waals surface area contributed by atoms with E-state index in [1.165, 1.54) is 12.7 Å².